The van der Waals surface area contributed by atoms with E-state index in [0.29, 0.717) is 17.5 Å². The average Bonchev–Trinajstić information content (AvgIpc) is 3.25. The lowest BCUT2D eigenvalue weighted by Crippen LogP contribution is -2.29. The van der Waals surface area contributed by atoms with Gasteiger partial charge >= 0.3 is 0 Å². The van der Waals surface area contributed by atoms with Crippen molar-refractivity contribution in [3.05, 3.63) is 93.8 Å². The van der Waals surface area contributed by atoms with E-state index < -0.39 is 17.6 Å². The molecular formula is C24H17FN6O2. The largest absolute Gasteiger partial charge is 0.347 e. The van der Waals surface area contributed by atoms with E-state index >= 15 is 0 Å². The third-order valence-corrected chi connectivity index (χ3v) is 5.39. The Bertz CT molecular complexity index is 1340. The molecule has 4 rings (SSSR count). The van der Waals surface area contributed by atoms with Gasteiger partial charge in [0.05, 0.1) is 23.2 Å². The molecule has 1 atom stereocenters. The first kappa shape index (κ1) is 21.6. The molecule has 8 nitrogen and oxygen atoms in total. The van der Waals surface area contributed by atoms with Gasteiger partial charge in [0.2, 0.25) is 0 Å². The number of nitrogens with one attached hydrogen (secondary N) is 2. The standard InChI is InChI=1S/C24H17FN6O2/c25-19-5-2-15(8-17(19)11-27)12-28-23(32)21-9-22(30-13-29-21)24(33)31-20-6-3-16-7-14(10-26)1-4-18(16)20/h1-2,4-5,7-9,13,20H,3,6,12H2,(H,28,32)(H,31,33)/t20-/m0/s1. The van der Waals surface area contributed by atoms with Crippen molar-refractivity contribution in [3.63, 3.8) is 0 Å². The van der Waals surface area contributed by atoms with E-state index in [2.05, 4.69) is 26.7 Å². The van der Waals surface area contributed by atoms with Crippen molar-refractivity contribution in [1.82, 2.24) is 20.6 Å². The van der Waals surface area contributed by atoms with Crippen LogP contribution in [0.15, 0.2) is 48.8 Å². The van der Waals surface area contributed by atoms with E-state index in [1.165, 1.54) is 18.2 Å². The molecule has 162 valence electrons. The molecule has 0 spiro atoms. The Morgan fingerprint density at radius 3 is 2.58 bits per heavy atom. The van der Waals surface area contributed by atoms with Crippen LogP contribution in [0, 0.1) is 28.5 Å². The first-order valence-corrected chi connectivity index (χ1v) is 10.1. The molecule has 0 unspecified atom stereocenters. The third-order valence-electron chi connectivity index (χ3n) is 5.39. The maximum atomic E-state index is 13.4. The molecule has 0 radical (unpaired) electrons. The molecule has 9 heteroatoms. The van der Waals surface area contributed by atoms with Gasteiger partial charge < -0.3 is 10.6 Å². The molecule has 3 aromatic rings. The van der Waals surface area contributed by atoms with E-state index in [4.69, 9.17) is 10.5 Å². The normalized spacial score (nSPS) is 14.0. The van der Waals surface area contributed by atoms with E-state index in [0.717, 1.165) is 29.9 Å². The first-order valence-electron chi connectivity index (χ1n) is 10.1. The van der Waals surface area contributed by atoms with Gasteiger partial charge in [-0.3, -0.25) is 9.59 Å². The number of halogens is 1. The van der Waals surface area contributed by atoms with Crippen LogP contribution in [-0.2, 0) is 13.0 Å². The fourth-order valence-corrected chi connectivity index (χ4v) is 3.72. The molecule has 1 heterocycles. The fraction of sp³-hybridized carbons (Fsp3) is 0.167. The second-order valence-electron chi connectivity index (χ2n) is 7.49. The number of carbonyl (C=O) groups is 2. The van der Waals surface area contributed by atoms with Crippen molar-refractivity contribution in [2.24, 2.45) is 0 Å². The quantitative estimate of drug-likeness (QED) is 0.627. The summed E-state index contributed by atoms with van der Waals surface area (Å²) in [5, 5.41) is 23.5. The van der Waals surface area contributed by atoms with Gasteiger partial charge in [0, 0.05) is 12.6 Å². The van der Waals surface area contributed by atoms with Crippen LogP contribution in [0.25, 0.3) is 0 Å². The lowest BCUT2D eigenvalue weighted by Gasteiger charge is -2.14. The zero-order valence-corrected chi connectivity index (χ0v) is 17.3. The Labute approximate surface area is 188 Å². The number of aromatic nitrogens is 2. The predicted molar refractivity (Wildman–Crippen MR) is 114 cm³/mol. The van der Waals surface area contributed by atoms with Crippen LogP contribution in [0.3, 0.4) is 0 Å². The maximum Gasteiger partial charge on any atom is 0.270 e. The second kappa shape index (κ2) is 9.25. The second-order valence-corrected chi connectivity index (χ2v) is 7.49. The SMILES string of the molecule is N#Cc1ccc2c(c1)CC[C@@H]2NC(=O)c1cc(C(=O)NCc2ccc(F)c(C#N)c2)ncn1. The summed E-state index contributed by atoms with van der Waals surface area (Å²) in [7, 11) is 0. The summed E-state index contributed by atoms with van der Waals surface area (Å²) in [5.74, 6) is -1.61. The number of benzene rings is 2. The summed E-state index contributed by atoms with van der Waals surface area (Å²) in [6.07, 6.45) is 2.60. The number of nitrogens with zero attached hydrogens (tertiary/aromatic N) is 4. The number of rotatable bonds is 5. The van der Waals surface area contributed by atoms with Crippen molar-refractivity contribution < 1.29 is 14.0 Å². The molecule has 0 fully saturated rings. The molecular weight excluding hydrogens is 423 g/mol. The molecule has 33 heavy (non-hydrogen) atoms. The highest BCUT2D eigenvalue weighted by atomic mass is 19.1. The minimum atomic E-state index is -0.630. The highest BCUT2D eigenvalue weighted by Crippen LogP contribution is 2.31. The molecule has 1 aliphatic rings. The lowest BCUT2D eigenvalue weighted by atomic mass is 10.1. The van der Waals surface area contributed by atoms with Crippen molar-refractivity contribution >= 4 is 11.8 Å². The van der Waals surface area contributed by atoms with Crippen LogP contribution in [0.5, 0.6) is 0 Å². The summed E-state index contributed by atoms with van der Waals surface area (Å²) in [5.41, 5.74) is 3.06. The minimum absolute atomic E-state index is 0.00301. The van der Waals surface area contributed by atoms with Gasteiger partial charge in [-0.05, 0) is 53.8 Å². The molecule has 0 bridgehead atoms. The van der Waals surface area contributed by atoms with E-state index in [9.17, 15) is 14.0 Å². The van der Waals surface area contributed by atoms with Crippen LogP contribution in [0.4, 0.5) is 4.39 Å². The van der Waals surface area contributed by atoms with Gasteiger partial charge in [0.1, 0.15) is 29.6 Å². The summed E-state index contributed by atoms with van der Waals surface area (Å²) < 4.78 is 13.4. The van der Waals surface area contributed by atoms with Gasteiger partial charge in [-0.15, -0.1) is 0 Å². The van der Waals surface area contributed by atoms with E-state index in [-0.39, 0.29) is 29.5 Å². The van der Waals surface area contributed by atoms with Gasteiger partial charge in [0.15, 0.2) is 0 Å². The summed E-state index contributed by atoms with van der Waals surface area (Å²) in [4.78, 5) is 33.1. The smallest absolute Gasteiger partial charge is 0.270 e. The van der Waals surface area contributed by atoms with Crippen LogP contribution < -0.4 is 10.6 Å². The van der Waals surface area contributed by atoms with Crippen LogP contribution in [0.1, 0.15) is 61.3 Å². The van der Waals surface area contributed by atoms with Crippen LogP contribution >= 0.6 is 0 Å². The van der Waals surface area contributed by atoms with Crippen LogP contribution in [-0.4, -0.2) is 21.8 Å². The Kier molecular flexibility index (Phi) is 6.05. The summed E-state index contributed by atoms with van der Waals surface area (Å²) >= 11 is 0. The predicted octanol–water partition coefficient (Wildman–Crippen LogP) is 2.71. The average molecular weight is 440 g/mol. The Balaban J connectivity index is 1.42. The molecule has 2 amide bonds. The monoisotopic (exact) mass is 440 g/mol. The van der Waals surface area contributed by atoms with Gasteiger partial charge in [-0.2, -0.15) is 10.5 Å². The molecule has 1 aliphatic carbocycles. The third kappa shape index (κ3) is 4.68. The summed E-state index contributed by atoms with van der Waals surface area (Å²) in [6.45, 7) is 0.0584. The minimum Gasteiger partial charge on any atom is -0.347 e. The zero-order valence-electron chi connectivity index (χ0n) is 17.3. The number of nitriles is 2. The number of hydrogen-bond donors (Lipinski definition) is 2. The number of hydrogen-bond acceptors (Lipinski definition) is 6. The van der Waals surface area contributed by atoms with Gasteiger partial charge in [-0.25, -0.2) is 14.4 Å². The lowest BCUT2D eigenvalue weighted by molar-refractivity contribution is 0.0931. The number of carbonyl (C=O) groups excluding carboxylic acids is 2. The molecule has 0 saturated carbocycles. The number of amides is 2. The van der Waals surface area contributed by atoms with Crippen LogP contribution in [0.2, 0.25) is 0 Å². The van der Waals surface area contributed by atoms with E-state index in [1.807, 2.05) is 12.1 Å². The zero-order chi connectivity index (χ0) is 23.4. The molecule has 2 N–H and O–H groups in total. The number of fused-ring (bicyclic) bond motifs is 1. The molecule has 0 aliphatic heterocycles. The van der Waals surface area contributed by atoms with Crippen molar-refractivity contribution in [2.75, 3.05) is 0 Å². The Morgan fingerprint density at radius 1 is 1.03 bits per heavy atom. The highest BCUT2D eigenvalue weighted by molar-refractivity contribution is 5.97. The Hall–Kier alpha value is -4.63. The van der Waals surface area contributed by atoms with Gasteiger partial charge in [0.25, 0.3) is 11.8 Å². The molecule has 1 aromatic heterocycles. The first-order chi connectivity index (χ1) is 16.0. The van der Waals surface area contributed by atoms with Crippen molar-refractivity contribution in [3.8, 4) is 12.1 Å². The maximum absolute atomic E-state index is 13.4. The van der Waals surface area contributed by atoms with E-state index in [1.54, 1.807) is 12.1 Å². The molecule has 2 aromatic carbocycles. The van der Waals surface area contributed by atoms with Crippen molar-refractivity contribution in [2.45, 2.75) is 25.4 Å². The molecule has 0 saturated heterocycles. The Morgan fingerprint density at radius 2 is 1.82 bits per heavy atom. The highest BCUT2D eigenvalue weighted by Gasteiger charge is 2.25. The fourth-order valence-electron chi connectivity index (χ4n) is 3.72. The number of aryl methyl sites for hydroxylation is 1. The van der Waals surface area contributed by atoms with Crippen molar-refractivity contribution in [1.29, 1.82) is 10.5 Å². The summed E-state index contributed by atoms with van der Waals surface area (Å²) in [6, 6.07) is 14.3. The topological polar surface area (TPSA) is 132 Å². The van der Waals surface area contributed by atoms with Gasteiger partial charge in [-0.1, -0.05) is 12.1 Å².